The van der Waals surface area contributed by atoms with E-state index in [4.69, 9.17) is 0 Å². The standard InChI is InChI=1S/C21H23NO4S/c1-15-3-5-18(6-4-15)21(24)19-11-13-22(14-12-19)27(25,26)20-9-7-17(8-10-20)16(2)23/h3-10,19H,11-14H2,1-2H3. The number of rotatable bonds is 5. The molecule has 0 saturated carbocycles. The van der Waals surface area contributed by atoms with Crippen LogP contribution in [0.4, 0.5) is 0 Å². The number of piperidine rings is 1. The van der Waals surface area contributed by atoms with Crippen LogP contribution in [-0.2, 0) is 10.0 Å². The van der Waals surface area contributed by atoms with Crippen molar-refractivity contribution in [1.82, 2.24) is 4.31 Å². The van der Waals surface area contributed by atoms with Crippen molar-refractivity contribution in [3.05, 3.63) is 65.2 Å². The summed E-state index contributed by atoms with van der Waals surface area (Å²) >= 11 is 0. The smallest absolute Gasteiger partial charge is 0.243 e. The SMILES string of the molecule is CC(=O)c1ccc(S(=O)(=O)N2CCC(C(=O)c3ccc(C)cc3)CC2)cc1. The van der Waals surface area contributed by atoms with Gasteiger partial charge in [-0.15, -0.1) is 0 Å². The normalized spacial score (nSPS) is 16.2. The number of Topliss-reactive ketones (excluding diaryl/α,β-unsaturated/α-hetero) is 2. The Balaban J connectivity index is 1.68. The molecule has 0 amide bonds. The van der Waals surface area contributed by atoms with E-state index in [1.54, 1.807) is 0 Å². The summed E-state index contributed by atoms with van der Waals surface area (Å²) in [4.78, 5) is 24.2. The molecule has 1 fully saturated rings. The first-order valence-electron chi connectivity index (χ1n) is 9.01. The molecule has 3 rings (SSSR count). The van der Waals surface area contributed by atoms with Crippen LogP contribution in [0.5, 0.6) is 0 Å². The van der Waals surface area contributed by atoms with Gasteiger partial charge in [-0.05, 0) is 38.8 Å². The highest BCUT2D eigenvalue weighted by Gasteiger charge is 2.32. The molecular formula is C21H23NO4S. The number of hydrogen-bond acceptors (Lipinski definition) is 4. The molecule has 6 heteroatoms. The van der Waals surface area contributed by atoms with Crippen molar-refractivity contribution in [1.29, 1.82) is 0 Å². The molecule has 0 aliphatic carbocycles. The molecule has 1 heterocycles. The summed E-state index contributed by atoms with van der Waals surface area (Å²) in [5, 5.41) is 0. The molecule has 0 radical (unpaired) electrons. The van der Waals surface area contributed by atoms with Crippen molar-refractivity contribution in [3.63, 3.8) is 0 Å². The molecule has 0 atom stereocenters. The lowest BCUT2D eigenvalue weighted by Crippen LogP contribution is -2.40. The van der Waals surface area contributed by atoms with E-state index >= 15 is 0 Å². The maximum Gasteiger partial charge on any atom is 0.243 e. The number of carbonyl (C=O) groups is 2. The number of carbonyl (C=O) groups excluding carboxylic acids is 2. The first-order chi connectivity index (χ1) is 12.8. The van der Waals surface area contributed by atoms with E-state index in [-0.39, 0.29) is 22.4 Å². The number of aryl methyl sites for hydroxylation is 1. The molecule has 1 saturated heterocycles. The summed E-state index contributed by atoms with van der Waals surface area (Å²) in [6, 6.07) is 13.5. The van der Waals surface area contributed by atoms with Crippen LogP contribution >= 0.6 is 0 Å². The van der Waals surface area contributed by atoms with Gasteiger partial charge in [0.05, 0.1) is 4.90 Å². The molecule has 1 aliphatic rings. The topological polar surface area (TPSA) is 71.5 Å². The Bertz CT molecular complexity index is 939. The summed E-state index contributed by atoms with van der Waals surface area (Å²) in [6.07, 6.45) is 1.02. The van der Waals surface area contributed by atoms with Gasteiger partial charge in [-0.2, -0.15) is 4.31 Å². The predicted molar refractivity (Wildman–Crippen MR) is 103 cm³/mol. The van der Waals surface area contributed by atoms with Crippen LogP contribution in [0.15, 0.2) is 53.4 Å². The van der Waals surface area contributed by atoms with Crippen molar-refractivity contribution in [3.8, 4) is 0 Å². The fraction of sp³-hybridized carbons (Fsp3) is 0.333. The highest BCUT2D eigenvalue weighted by Crippen LogP contribution is 2.26. The molecule has 0 bridgehead atoms. The average Bonchev–Trinajstić information content (AvgIpc) is 2.68. The Hall–Kier alpha value is -2.31. The molecule has 0 unspecified atom stereocenters. The van der Waals surface area contributed by atoms with Gasteiger partial charge in [-0.3, -0.25) is 9.59 Å². The minimum Gasteiger partial charge on any atom is -0.295 e. The van der Waals surface area contributed by atoms with Gasteiger partial charge in [-0.1, -0.05) is 42.0 Å². The molecule has 1 aliphatic heterocycles. The number of nitrogens with zero attached hydrogens (tertiary/aromatic N) is 1. The maximum absolute atomic E-state index is 12.8. The second-order valence-corrected chi connectivity index (χ2v) is 8.93. The van der Waals surface area contributed by atoms with Gasteiger partial charge in [0, 0.05) is 30.1 Å². The lowest BCUT2D eigenvalue weighted by molar-refractivity contribution is 0.0875. The van der Waals surface area contributed by atoms with Crippen LogP contribution in [-0.4, -0.2) is 37.4 Å². The maximum atomic E-state index is 12.8. The van der Waals surface area contributed by atoms with Crippen LogP contribution in [0.1, 0.15) is 46.0 Å². The van der Waals surface area contributed by atoms with Crippen molar-refractivity contribution < 1.29 is 18.0 Å². The summed E-state index contributed by atoms with van der Waals surface area (Å²) in [7, 11) is -3.61. The zero-order chi connectivity index (χ0) is 19.6. The second kappa shape index (κ2) is 7.74. The van der Waals surface area contributed by atoms with Crippen LogP contribution < -0.4 is 0 Å². The van der Waals surface area contributed by atoms with Crippen molar-refractivity contribution in [2.45, 2.75) is 31.6 Å². The van der Waals surface area contributed by atoms with E-state index in [0.29, 0.717) is 37.1 Å². The second-order valence-electron chi connectivity index (χ2n) is 6.99. The third-order valence-corrected chi connectivity index (χ3v) is 6.97. The van der Waals surface area contributed by atoms with Gasteiger partial charge < -0.3 is 0 Å². The van der Waals surface area contributed by atoms with E-state index in [9.17, 15) is 18.0 Å². The van der Waals surface area contributed by atoms with Crippen LogP contribution in [0.25, 0.3) is 0 Å². The molecule has 5 nitrogen and oxygen atoms in total. The van der Waals surface area contributed by atoms with Gasteiger partial charge in [-0.25, -0.2) is 8.42 Å². The summed E-state index contributed by atoms with van der Waals surface area (Å²) in [5.74, 6) is -0.175. The molecule has 2 aromatic carbocycles. The Morgan fingerprint density at radius 1 is 0.889 bits per heavy atom. The van der Waals surface area contributed by atoms with Crippen molar-refractivity contribution in [2.24, 2.45) is 5.92 Å². The minimum atomic E-state index is -3.61. The van der Waals surface area contributed by atoms with Crippen LogP contribution in [0, 0.1) is 12.8 Å². The van der Waals surface area contributed by atoms with E-state index in [1.807, 2.05) is 31.2 Å². The minimum absolute atomic E-state index is 0.0814. The van der Waals surface area contributed by atoms with Gasteiger partial charge in [0.25, 0.3) is 0 Å². The Morgan fingerprint density at radius 3 is 1.93 bits per heavy atom. The Labute approximate surface area is 160 Å². The summed E-state index contributed by atoms with van der Waals surface area (Å²) in [5.41, 5.74) is 2.27. The van der Waals surface area contributed by atoms with Crippen LogP contribution in [0.2, 0.25) is 0 Å². The predicted octanol–water partition coefficient (Wildman–Crippen LogP) is 3.48. The first kappa shape index (κ1) is 19.5. The van der Waals surface area contributed by atoms with E-state index in [2.05, 4.69) is 0 Å². The molecule has 0 N–H and O–H groups in total. The quantitative estimate of drug-likeness (QED) is 0.739. The summed E-state index contributed by atoms with van der Waals surface area (Å²) < 4.78 is 27.0. The molecule has 0 aromatic heterocycles. The lowest BCUT2D eigenvalue weighted by Gasteiger charge is -2.30. The molecule has 142 valence electrons. The third kappa shape index (κ3) is 4.17. The zero-order valence-electron chi connectivity index (χ0n) is 15.5. The fourth-order valence-electron chi connectivity index (χ4n) is 3.32. The highest BCUT2D eigenvalue weighted by molar-refractivity contribution is 7.89. The fourth-order valence-corrected chi connectivity index (χ4v) is 4.79. The van der Waals surface area contributed by atoms with Crippen LogP contribution in [0.3, 0.4) is 0 Å². The molecule has 27 heavy (non-hydrogen) atoms. The monoisotopic (exact) mass is 385 g/mol. The van der Waals surface area contributed by atoms with Gasteiger partial charge in [0.2, 0.25) is 10.0 Å². The van der Waals surface area contributed by atoms with Gasteiger partial charge in [0.15, 0.2) is 11.6 Å². The van der Waals surface area contributed by atoms with E-state index in [0.717, 1.165) is 5.56 Å². The molecular weight excluding hydrogens is 362 g/mol. The van der Waals surface area contributed by atoms with E-state index < -0.39 is 10.0 Å². The third-order valence-electron chi connectivity index (χ3n) is 5.06. The first-order valence-corrected chi connectivity index (χ1v) is 10.4. The van der Waals surface area contributed by atoms with Gasteiger partial charge >= 0.3 is 0 Å². The number of ketones is 2. The zero-order valence-corrected chi connectivity index (χ0v) is 16.3. The summed E-state index contributed by atoms with van der Waals surface area (Å²) in [6.45, 7) is 4.05. The lowest BCUT2D eigenvalue weighted by atomic mass is 9.89. The Morgan fingerprint density at radius 2 is 1.41 bits per heavy atom. The van der Waals surface area contributed by atoms with Gasteiger partial charge in [0.1, 0.15) is 0 Å². The van der Waals surface area contributed by atoms with Crippen molar-refractivity contribution >= 4 is 21.6 Å². The number of hydrogen-bond donors (Lipinski definition) is 0. The van der Waals surface area contributed by atoms with Crippen molar-refractivity contribution in [2.75, 3.05) is 13.1 Å². The number of benzene rings is 2. The molecule has 2 aromatic rings. The average molecular weight is 385 g/mol. The largest absolute Gasteiger partial charge is 0.295 e. The number of sulfonamides is 1. The molecule has 0 spiro atoms. The Kier molecular flexibility index (Phi) is 5.58. The highest BCUT2D eigenvalue weighted by atomic mass is 32.2. The van der Waals surface area contributed by atoms with E-state index in [1.165, 1.54) is 35.5 Å².